The number of fused-ring (bicyclic) bond motifs is 1. The van der Waals surface area contributed by atoms with Crippen LogP contribution in [0.15, 0.2) is 24.3 Å². The van der Waals surface area contributed by atoms with Crippen molar-refractivity contribution in [3.8, 4) is 0 Å². The molecule has 1 unspecified atom stereocenters. The van der Waals surface area contributed by atoms with E-state index in [9.17, 15) is 4.79 Å². The lowest BCUT2D eigenvalue weighted by atomic mass is 10.2. The number of nitrogens with one attached hydrogen (secondary N) is 1. The normalized spacial score (nSPS) is 18.3. The van der Waals surface area contributed by atoms with Gasteiger partial charge in [-0.1, -0.05) is 12.1 Å². The van der Waals surface area contributed by atoms with Crippen LogP contribution in [-0.4, -0.2) is 21.0 Å². The van der Waals surface area contributed by atoms with E-state index >= 15 is 0 Å². The first-order chi connectivity index (χ1) is 9.01. The molecule has 0 bridgehead atoms. The highest BCUT2D eigenvalue weighted by atomic mass is 16.2. The molecular weight excluding hydrogens is 240 g/mol. The van der Waals surface area contributed by atoms with Crippen LogP contribution in [0.4, 0.5) is 0 Å². The first kappa shape index (κ1) is 12.2. The molecule has 3 N–H and O–H groups in total. The van der Waals surface area contributed by atoms with Gasteiger partial charge in [-0.25, -0.2) is 4.98 Å². The van der Waals surface area contributed by atoms with Gasteiger partial charge in [-0.2, -0.15) is 0 Å². The quantitative estimate of drug-likeness (QED) is 0.870. The second-order valence-corrected chi connectivity index (χ2v) is 5.37. The molecule has 1 saturated carbocycles. The zero-order valence-electron chi connectivity index (χ0n) is 11.2. The van der Waals surface area contributed by atoms with Gasteiger partial charge >= 0.3 is 0 Å². The van der Waals surface area contributed by atoms with Crippen LogP contribution in [0.3, 0.4) is 0 Å². The number of carbonyl (C=O) groups is 1. The van der Waals surface area contributed by atoms with Crippen molar-refractivity contribution in [2.45, 2.75) is 31.3 Å². The maximum atomic E-state index is 12.0. The highest BCUT2D eigenvalue weighted by molar-refractivity contribution is 5.89. The maximum absolute atomic E-state index is 12.0. The average Bonchev–Trinajstić information content (AvgIpc) is 3.06. The van der Waals surface area contributed by atoms with E-state index in [4.69, 9.17) is 5.73 Å². The van der Waals surface area contributed by atoms with Crippen molar-refractivity contribution in [1.29, 1.82) is 0 Å². The molecule has 5 heteroatoms. The van der Waals surface area contributed by atoms with E-state index in [1.807, 2.05) is 42.8 Å². The Kier molecular flexibility index (Phi) is 2.60. The fraction of sp³-hybridized carbons (Fsp3) is 0.429. The van der Waals surface area contributed by atoms with Crippen molar-refractivity contribution >= 4 is 16.9 Å². The minimum atomic E-state index is -0.640. The number of aromatic nitrogens is 2. The smallest absolute Gasteiger partial charge is 0.240 e. The van der Waals surface area contributed by atoms with Crippen molar-refractivity contribution in [2.24, 2.45) is 12.8 Å². The highest BCUT2D eigenvalue weighted by Crippen LogP contribution is 2.33. The Morgan fingerprint density at radius 1 is 1.47 bits per heavy atom. The minimum absolute atomic E-state index is 0.0768. The molecule has 3 rings (SSSR count). The number of hydrogen-bond donors (Lipinski definition) is 2. The molecule has 2 aromatic rings. The monoisotopic (exact) mass is 258 g/mol. The summed E-state index contributed by atoms with van der Waals surface area (Å²) in [5.41, 5.74) is 7.25. The molecular formula is C14H18N4O. The van der Waals surface area contributed by atoms with Crippen molar-refractivity contribution in [3.05, 3.63) is 30.1 Å². The third-order valence-electron chi connectivity index (χ3n) is 3.80. The van der Waals surface area contributed by atoms with Crippen LogP contribution in [0.25, 0.3) is 11.0 Å². The van der Waals surface area contributed by atoms with Gasteiger partial charge in [0.15, 0.2) is 0 Å². The highest BCUT2D eigenvalue weighted by Gasteiger charge is 2.46. The molecule has 1 aromatic heterocycles. The lowest BCUT2D eigenvalue weighted by molar-refractivity contribution is -0.123. The van der Waals surface area contributed by atoms with Gasteiger partial charge in [-0.3, -0.25) is 4.79 Å². The summed E-state index contributed by atoms with van der Waals surface area (Å²) in [6, 6.07) is 7.79. The SMILES string of the molecule is CC(NC(=O)C1(N)CC1)c1nc2ccccc2n1C. The van der Waals surface area contributed by atoms with Gasteiger partial charge in [0, 0.05) is 7.05 Å². The van der Waals surface area contributed by atoms with Gasteiger partial charge in [-0.05, 0) is 31.9 Å². The fourth-order valence-electron chi connectivity index (χ4n) is 2.32. The Balaban J connectivity index is 1.87. The third kappa shape index (κ3) is 2.00. The van der Waals surface area contributed by atoms with Gasteiger partial charge in [0.25, 0.3) is 0 Å². The van der Waals surface area contributed by atoms with Crippen LogP contribution in [-0.2, 0) is 11.8 Å². The molecule has 5 nitrogen and oxygen atoms in total. The Morgan fingerprint density at radius 2 is 2.16 bits per heavy atom. The summed E-state index contributed by atoms with van der Waals surface area (Å²) in [7, 11) is 1.96. The Hall–Kier alpha value is -1.88. The number of rotatable bonds is 3. The average molecular weight is 258 g/mol. The summed E-state index contributed by atoms with van der Waals surface area (Å²) in [6.45, 7) is 1.94. The molecule has 0 aliphatic heterocycles. The van der Waals surface area contributed by atoms with Crippen LogP contribution < -0.4 is 11.1 Å². The first-order valence-corrected chi connectivity index (χ1v) is 6.52. The molecule has 1 aromatic carbocycles. The van der Waals surface area contributed by atoms with Crippen LogP contribution >= 0.6 is 0 Å². The van der Waals surface area contributed by atoms with E-state index in [-0.39, 0.29) is 11.9 Å². The third-order valence-corrected chi connectivity index (χ3v) is 3.80. The second kappa shape index (κ2) is 4.06. The van der Waals surface area contributed by atoms with E-state index in [0.29, 0.717) is 0 Å². The lowest BCUT2D eigenvalue weighted by Crippen LogP contribution is -2.44. The molecule has 19 heavy (non-hydrogen) atoms. The predicted molar refractivity (Wildman–Crippen MR) is 73.4 cm³/mol. The van der Waals surface area contributed by atoms with Crippen LogP contribution in [0.5, 0.6) is 0 Å². The molecule has 0 spiro atoms. The molecule has 100 valence electrons. The van der Waals surface area contributed by atoms with Crippen LogP contribution in [0.2, 0.25) is 0 Å². The number of nitrogens with two attached hydrogens (primary N) is 1. The van der Waals surface area contributed by atoms with Crippen LogP contribution in [0, 0.1) is 0 Å². The molecule has 1 aliphatic carbocycles. The van der Waals surface area contributed by atoms with E-state index in [1.54, 1.807) is 0 Å². The maximum Gasteiger partial charge on any atom is 0.240 e. The second-order valence-electron chi connectivity index (χ2n) is 5.37. The van der Waals surface area contributed by atoms with Crippen molar-refractivity contribution in [3.63, 3.8) is 0 Å². The first-order valence-electron chi connectivity index (χ1n) is 6.52. The number of imidazole rings is 1. The molecule has 1 fully saturated rings. The lowest BCUT2D eigenvalue weighted by Gasteiger charge is -2.16. The summed E-state index contributed by atoms with van der Waals surface area (Å²) < 4.78 is 2.01. The fourth-order valence-corrected chi connectivity index (χ4v) is 2.32. The summed E-state index contributed by atoms with van der Waals surface area (Å²) in [5.74, 6) is 0.769. The van der Waals surface area contributed by atoms with Crippen molar-refractivity contribution < 1.29 is 4.79 Å². The van der Waals surface area contributed by atoms with Crippen LogP contribution in [0.1, 0.15) is 31.6 Å². The minimum Gasteiger partial charge on any atom is -0.345 e. The van der Waals surface area contributed by atoms with Gasteiger partial charge in [0.1, 0.15) is 5.82 Å². The molecule has 1 aliphatic rings. The molecule has 1 atom stereocenters. The molecule has 1 heterocycles. The standard InChI is InChI=1S/C14H18N4O/c1-9(16-13(19)14(15)7-8-14)12-17-10-5-3-4-6-11(10)18(12)2/h3-6,9H,7-8,15H2,1-2H3,(H,16,19). The number of carbonyl (C=O) groups excluding carboxylic acids is 1. The number of amides is 1. The number of para-hydroxylation sites is 2. The number of aryl methyl sites for hydroxylation is 1. The van der Waals surface area contributed by atoms with E-state index < -0.39 is 5.54 Å². The van der Waals surface area contributed by atoms with Gasteiger partial charge in [0.05, 0.1) is 22.6 Å². The van der Waals surface area contributed by atoms with Gasteiger partial charge in [-0.15, -0.1) is 0 Å². The Labute approximate surface area is 111 Å². The molecule has 1 amide bonds. The largest absolute Gasteiger partial charge is 0.345 e. The molecule has 0 saturated heterocycles. The predicted octanol–water partition coefficient (Wildman–Crippen LogP) is 1.24. The Morgan fingerprint density at radius 3 is 2.79 bits per heavy atom. The number of nitrogens with zero attached hydrogens (tertiary/aromatic N) is 2. The summed E-state index contributed by atoms with van der Waals surface area (Å²) in [4.78, 5) is 16.5. The summed E-state index contributed by atoms with van der Waals surface area (Å²) >= 11 is 0. The zero-order valence-corrected chi connectivity index (χ0v) is 11.2. The topological polar surface area (TPSA) is 72.9 Å². The van der Waals surface area contributed by atoms with E-state index in [1.165, 1.54) is 0 Å². The molecule has 0 radical (unpaired) electrons. The van der Waals surface area contributed by atoms with Gasteiger partial charge < -0.3 is 15.6 Å². The van der Waals surface area contributed by atoms with E-state index in [2.05, 4.69) is 10.3 Å². The Bertz CT molecular complexity index is 642. The van der Waals surface area contributed by atoms with Crippen molar-refractivity contribution in [1.82, 2.24) is 14.9 Å². The number of benzene rings is 1. The zero-order chi connectivity index (χ0) is 13.6. The van der Waals surface area contributed by atoms with Crippen molar-refractivity contribution in [2.75, 3.05) is 0 Å². The number of hydrogen-bond acceptors (Lipinski definition) is 3. The summed E-state index contributed by atoms with van der Waals surface area (Å²) in [6.07, 6.45) is 1.54. The van der Waals surface area contributed by atoms with Gasteiger partial charge in [0.2, 0.25) is 5.91 Å². The van der Waals surface area contributed by atoms with E-state index in [0.717, 1.165) is 29.7 Å². The summed E-state index contributed by atoms with van der Waals surface area (Å²) in [5, 5.41) is 2.95.